The van der Waals surface area contributed by atoms with Crippen molar-refractivity contribution < 1.29 is 0 Å². The van der Waals surface area contributed by atoms with E-state index in [9.17, 15) is 0 Å². The Kier molecular flexibility index (Phi) is 5.50. The van der Waals surface area contributed by atoms with E-state index < -0.39 is 0 Å². The number of aryl methyl sites for hydroxylation is 2. The van der Waals surface area contributed by atoms with Crippen molar-refractivity contribution in [1.82, 2.24) is 10.6 Å². The normalized spacial score (nSPS) is 11.7. The standard InChI is InChI=1S/C16H24N2/c1-12-6-9-16(10-7-12)11-8-13(2)18-15(4)14(3)17-5/h6-7,9-10,15,17-18H,2-3,8,11H2,1,4-5H3. The molecular weight excluding hydrogens is 220 g/mol. The Labute approximate surface area is 111 Å². The van der Waals surface area contributed by atoms with Gasteiger partial charge in [-0.2, -0.15) is 0 Å². The maximum absolute atomic E-state index is 4.06. The Morgan fingerprint density at radius 1 is 1.22 bits per heavy atom. The minimum absolute atomic E-state index is 0.209. The Hall–Kier alpha value is -1.70. The van der Waals surface area contributed by atoms with Gasteiger partial charge in [0.2, 0.25) is 0 Å². The Morgan fingerprint density at radius 3 is 2.39 bits per heavy atom. The molecule has 1 unspecified atom stereocenters. The molecule has 2 N–H and O–H groups in total. The summed E-state index contributed by atoms with van der Waals surface area (Å²) in [5, 5.41) is 6.41. The second kappa shape index (κ2) is 6.90. The topological polar surface area (TPSA) is 24.1 Å². The van der Waals surface area contributed by atoms with Gasteiger partial charge in [0.05, 0.1) is 6.04 Å². The van der Waals surface area contributed by atoms with Gasteiger partial charge in [-0.25, -0.2) is 0 Å². The molecule has 0 aliphatic rings. The van der Waals surface area contributed by atoms with Gasteiger partial charge in [-0.15, -0.1) is 0 Å². The van der Waals surface area contributed by atoms with Crippen LogP contribution < -0.4 is 10.6 Å². The first-order valence-electron chi connectivity index (χ1n) is 6.39. The van der Waals surface area contributed by atoms with Crippen molar-refractivity contribution in [3.63, 3.8) is 0 Å². The molecule has 0 amide bonds. The molecule has 2 heteroatoms. The Balaban J connectivity index is 2.37. The van der Waals surface area contributed by atoms with Crippen LogP contribution in [0.4, 0.5) is 0 Å². The van der Waals surface area contributed by atoms with Gasteiger partial charge in [-0.3, -0.25) is 0 Å². The van der Waals surface area contributed by atoms with Crippen LogP contribution >= 0.6 is 0 Å². The van der Waals surface area contributed by atoms with Crippen molar-refractivity contribution in [2.24, 2.45) is 0 Å². The third-order valence-electron chi connectivity index (χ3n) is 3.10. The first kappa shape index (κ1) is 14.4. The van der Waals surface area contributed by atoms with Crippen molar-refractivity contribution in [2.45, 2.75) is 32.7 Å². The summed E-state index contributed by atoms with van der Waals surface area (Å²) in [6.45, 7) is 12.2. The molecule has 0 radical (unpaired) electrons. The van der Waals surface area contributed by atoms with Gasteiger partial charge in [-0.05, 0) is 32.3 Å². The molecule has 0 aromatic heterocycles. The quantitative estimate of drug-likeness (QED) is 0.770. The number of hydrogen-bond donors (Lipinski definition) is 2. The Morgan fingerprint density at radius 2 is 1.83 bits per heavy atom. The average molecular weight is 244 g/mol. The number of allylic oxidation sites excluding steroid dienone is 1. The molecule has 0 fully saturated rings. The number of benzene rings is 1. The van der Waals surface area contributed by atoms with Crippen LogP contribution in [0.5, 0.6) is 0 Å². The molecule has 0 spiro atoms. The molecule has 1 rings (SSSR count). The zero-order chi connectivity index (χ0) is 13.5. The maximum Gasteiger partial charge on any atom is 0.0622 e. The van der Waals surface area contributed by atoms with Gasteiger partial charge in [-0.1, -0.05) is 43.0 Å². The summed E-state index contributed by atoms with van der Waals surface area (Å²) in [6, 6.07) is 8.87. The highest BCUT2D eigenvalue weighted by atomic mass is 15.0. The maximum atomic E-state index is 4.06. The molecule has 0 aliphatic heterocycles. The smallest absolute Gasteiger partial charge is 0.0622 e. The van der Waals surface area contributed by atoms with Crippen LogP contribution in [0.25, 0.3) is 0 Å². The molecule has 0 aliphatic carbocycles. The van der Waals surface area contributed by atoms with Gasteiger partial charge in [0.15, 0.2) is 0 Å². The van der Waals surface area contributed by atoms with Crippen molar-refractivity contribution in [3.05, 3.63) is 59.9 Å². The van der Waals surface area contributed by atoms with Crippen LogP contribution in [-0.2, 0) is 6.42 Å². The second-order valence-corrected chi connectivity index (χ2v) is 4.73. The summed E-state index contributed by atoms with van der Waals surface area (Å²) in [5.41, 5.74) is 4.68. The lowest BCUT2D eigenvalue weighted by atomic mass is 10.1. The molecule has 0 saturated heterocycles. The third kappa shape index (κ3) is 4.66. The van der Waals surface area contributed by atoms with Crippen LogP contribution in [0.15, 0.2) is 48.8 Å². The molecule has 1 atom stereocenters. The van der Waals surface area contributed by atoms with E-state index in [1.54, 1.807) is 0 Å². The molecule has 98 valence electrons. The van der Waals surface area contributed by atoms with Crippen LogP contribution in [0.1, 0.15) is 24.5 Å². The van der Waals surface area contributed by atoms with Crippen molar-refractivity contribution in [1.29, 1.82) is 0 Å². The summed E-state index contributed by atoms with van der Waals surface area (Å²) in [6.07, 6.45) is 1.97. The minimum atomic E-state index is 0.209. The molecule has 1 aromatic rings. The molecule has 2 nitrogen and oxygen atoms in total. The Bertz CT molecular complexity index is 404. The molecule has 0 saturated carbocycles. The van der Waals surface area contributed by atoms with Crippen LogP contribution in [0, 0.1) is 6.92 Å². The van der Waals surface area contributed by atoms with Crippen LogP contribution in [-0.4, -0.2) is 13.1 Å². The summed E-state index contributed by atoms with van der Waals surface area (Å²) >= 11 is 0. The molecule has 1 aromatic carbocycles. The predicted octanol–water partition coefficient (Wildman–Crippen LogP) is 3.15. The molecular formula is C16H24N2. The highest BCUT2D eigenvalue weighted by molar-refractivity contribution is 5.22. The molecule has 18 heavy (non-hydrogen) atoms. The second-order valence-electron chi connectivity index (χ2n) is 4.73. The number of likely N-dealkylation sites (N-methyl/N-ethyl adjacent to an activating group) is 1. The van der Waals surface area contributed by atoms with Gasteiger partial charge in [0.25, 0.3) is 0 Å². The van der Waals surface area contributed by atoms with Crippen molar-refractivity contribution in [2.75, 3.05) is 7.05 Å². The lowest BCUT2D eigenvalue weighted by molar-refractivity contribution is 0.634. The lowest BCUT2D eigenvalue weighted by Crippen LogP contribution is -2.31. The molecule has 0 bridgehead atoms. The van der Waals surface area contributed by atoms with Gasteiger partial charge in [0, 0.05) is 18.4 Å². The zero-order valence-electron chi connectivity index (χ0n) is 11.7. The highest BCUT2D eigenvalue weighted by Gasteiger charge is 2.05. The van der Waals surface area contributed by atoms with E-state index in [0.29, 0.717) is 0 Å². The summed E-state index contributed by atoms with van der Waals surface area (Å²) in [7, 11) is 1.88. The number of hydrogen-bond acceptors (Lipinski definition) is 2. The van der Waals surface area contributed by atoms with E-state index in [4.69, 9.17) is 0 Å². The summed E-state index contributed by atoms with van der Waals surface area (Å²) in [5.74, 6) is 0. The summed E-state index contributed by atoms with van der Waals surface area (Å²) < 4.78 is 0. The largest absolute Gasteiger partial charge is 0.390 e. The fraction of sp³-hybridized carbons (Fsp3) is 0.375. The zero-order valence-corrected chi connectivity index (χ0v) is 11.7. The van der Waals surface area contributed by atoms with Crippen LogP contribution in [0.3, 0.4) is 0 Å². The molecule has 0 heterocycles. The van der Waals surface area contributed by atoms with Crippen molar-refractivity contribution >= 4 is 0 Å². The van der Waals surface area contributed by atoms with E-state index in [1.165, 1.54) is 11.1 Å². The van der Waals surface area contributed by atoms with E-state index in [0.717, 1.165) is 24.2 Å². The SMILES string of the molecule is C=C(CCc1ccc(C)cc1)NC(C)C(=C)NC. The van der Waals surface area contributed by atoms with Crippen molar-refractivity contribution in [3.8, 4) is 0 Å². The average Bonchev–Trinajstić information content (AvgIpc) is 2.37. The van der Waals surface area contributed by atoms with Crippen LogP contribution in [0.2, 0.25) is 0 Å². The van der Waals surface area contributed by atoms with Gasteiger partial charge < -0.3 is 10.6 Å². The van der Waals surface area contributed by atoms with Gasteiger partial charge in [0.1, 0.15) is 0 Å². The van der Waals surface area contributed by atoms with E-state index in [1.807, 2.05) is 7.05 Å². The number of nitrogens with one attached hydrogen (secondary N) is 2. The fourth-order valence-corrected chi connectivity index (χ4v) is 1.73. The fourth-order valence-electron chi connectivity index (χ4n) is 1.73. The predicted molar refractivity (Wildman–Crippen MR) is 79.4 cm³/mol. The third-order valence-corrected chi connectivity index (χ3v) is 3.10. The minimum Gasteiger partial charge on any atom is -0.390 e. The lowest BCUT2D eigenvalue weighted by Gasteiger charge is -2.19. The summed E-state index contributed by atoms with van der Waals surface area (Å²) in [4.78, 5) is 0. The highest BCUT2D eigenvalue weighted by Crippen LogP contribution is 2.09. The number of rotatable bonds is 7. The van der Waals surface area contributed by atoms with E-state index in [-0.39, 0.29) is 6.04 Å². The first-order chi connectivity index (χ1) is 8.52. The van der Waals surface area contributed by atoms with Gasteiger partial charge >= 0.3 is 0 Å². The van der Waals surface area contributed by atoms with E-state index in [2.05, 4.69) is 61.9 Å². The first-order valence-corrected chi connectivity index (χ1v) is 6.39. The monoisotopic (exact) mass is 244 g/mol. The van der Waals surface area contributed by atoms with E-state index >= 15 is 0 Å².